The van der Waals surface area contributed by atoms with Gasteiger partial charge in [0, 0.05) is 17.6 Å². The first-order chi connectivity index (χ1) is 12.7. The fraction of sp³-hybridized carbons (Fsp3) is 0.200. The largest absolute Gasteiger partial charge is 0.310 e. The van der Waals surface area contributed by atoms with Crippen molar-refractivity contribution in [2.75, 3.05) is 11.4 Å². The Morgan fingerprint density at radius 3 is 2.65 bits per heavy atom. The summed E-state index contributed by atoms with van der Waals surface area (Å²) in [6.07, 6.45) is 1.81. The molecule has 2 aromatic carbocycles. The van der Waals surface area contributed by atoms with Crippen LogP contribution in [0.15, 0.2) is 66.0 Å². The summed E-state index contributed by atoms with van der Waals surface area (Å²) in [5, 5.41) is 10.3. The fourth-order valence-electron chi connectivity index (χ4n) is 2.65. The van der Waals surface area contributed by atoms with Crippen LogP contribution in [0.5, 0.6) is 0 Å². The lowest BCUT2D eigenvalue weighted by Crippen LogP contribution is -2.37. The lowest BCUT2D eigenvalue weighted by Gasteiger charge is -2.25. The Bertz CT molecular complexity index is 934. The lowest BCUT2D eigenvalue weighted by molar-refractivity contribution is -0.117. The number of anilines is 1. The number of amides is 1. The predicted octanol–water partition coefficient (Wildman–Crippen LogP) is 4.06. The number of aromatic nitrogens is 2. The van der Waals surface area contributed by atoms with Gasteiger partial charge in [-0.3, -0.25) is 4.79 Å². The quantitative estimate of drug-likeness (QED) is 0.488. The van der Waals surface area contributed by atoms with E-state index in [0.717, 1.165) is 21.6 Å². The van der Waals surface area contributed by atoms with Gasteiger partial charge in [-0.2, -0.15) is 5.26 Å². The molecule has 26 heavy (non-hydrogen) atoms. The number of hydrogen-bond donors (Lipinski definition) is 0. The summed E-state index contributed by atoms with van der Waals surface area (Å²) in [5.74, 6) is -0.0425. The minimum absolute atomic E-state index is 0.0425. The van der Waals surface area contributed by atoms with Crippen LogP contribution in [0.3, 0.4) is 0 Å². The molecule has 0 N–H and O–H groups in total. The smallest absolute Gasteiger partial charge is 0.240 e. The van der Waals surface area contributed by atoms with E-state index in [0.29, 0.717) is 6.54 Å². The van der Waals surface area contributed by atoms with E-state index in [9.17, 15) is 4.79 Å². The van der Waals surface area contributed by atoms with Gasteiger partial charge in [0.1, 0.15) is 11.4 Å². The van der Waals surface area contributed by atoms with Gasteiger partial charge >= 0.3 is 0 Å². The minimum Gasteiger partial charge on any atom is -0.310 e. The number of benzene rings is 2. The van der Waals surface area contributed by atoms with E-state index >= 15 is 0 Å². The molecule has 3 aromatic rings. The number of rotatable bonds is 6. The Labute approximate surface area is 156 Å². The van der Waals surface area contributed by atoms with Crippen LogP contribution in [-0.2, 0) is 4.79 Å². The number of fused-ring (bicyclic) bond motifs is 1. The van der Waals surface area contributed by atoms with E-state index in [1.165, 1.54) is 18.1 Å². The standard InChI is InChI=1S/C20H18N4OS/c1-15(26-19-17-10-5-6-11-18(17)22-14-23-19)20(25)24(13-7-12-21)16-8-3-2-4-9-16/h2-6,8-11,14-15H,7,13H2,1H3/t15-/m1/s1. The van der Waals surface area contributed by atoms with Crippen LogP contribution in [-0.4, -0.2) is 27.7 Å². The first-order valence-electron chi connectivity index (χ1n) is 8.30. The van der Waals surface area contributed by atoms with Crippen molar-refractivity contribution in [3.8, 4) is 6.07 Å². The highest BCUT2D eigenvalue weighted by Gasteiger charge is 2.23. The van der Waals surface area contributed by atoms with Crippen LogP contribution in [0.4, 0.5) is 5.69 Å². The summed E-state index contributed by atoms with van der Waals surface area (Å²) < 4.78 is 0. The van der Waals surface area contributed by atoms with Crippen molar-refractivity contribution in [2.45, 2.75) is 23.6 Å². The summed E-state index contributed by atoms with van der Waals surface area (Å²) in [4.78, 5) is 23.3. The zero-order valence-corrected chi connectivity index (χ0v) is 15.2. The summed E-state index contributed by atoms with van der Waals surface area (Å²) in [7, 11) is 0. The zero-order valence-electron chi connectivity index (χ0n) is 14.4. The van der Waals surface area contributed by atoms with Gasteiger partial charge in [0.2, 0.25) is 5.91 Å². The molecule has 3 rings (SSSR count). The maximum atomic E-state index is 13.0. The second kappa shape index (κ2) is 8.45. The minimum atomic E-state index is -0.341. The highest BCUT2D eigenvalue weighted by atomic mass is 32.2. The molecule has 0 unspecified atom stereocenters. The van der Waals surface area contributed by atoms with E-state index in [-0.39, 0.29) is 17.6 Å². The fourth-order valence-corrected chi connectivity index (χ4v) is 3.62. The van der Waals surface area contributed by atoms with Crippen molar-refractivity contribution in [2.24, 2.45) is 0 Å². The number of hydrogen-bond acceptors (Lipinski definition) is 5. The summed E-state index contributed by atoms with van der Waals surface area (Å²) in [6, 6.07) is 19.3. The van der Waals surface area contributed by atoms with E-state index in [2.05, 4.69) is 16.0 Å². The van der Waals surface area contributed by atoms with Crippen LogP contribution < -0.4 is 4.90 Å². The third-order valence-corrected chi connectivity index (χ3v) is 5.03. The Morgan fingerprint density at radius 1 is 1.15 bits per heavy atom. The van der Waals surface area contributed by atoms with Gasteiger partial charge in [-0.25, -0.2) is 9.97 Å². The average Bonchev–Trinajstić information content (AvgIpc) is 2.69. The van der Waals surface area contributed by atoms with Crippen molar-refractivity contribution >= 4 is 34.3 Å². The Balaban J connectivity index is 1.83. The molecule has 0 saturated heterocycles. The number of carbonyl (C=O) groups is 1. The maximum Gasteiger partial charge on any atom is 0.240 e. The molecular formula is C20H18N4OS. The van der Waals surface area contributed by atoms with Crippen molar-refractivity contribution in [1.29, 1.82) is 5.26 Å². The molecule has 1 atom stereocenters. The molecule has 1 amide bonds. The average molecular weight is 362 g/mol. The molecule has 0 bridgehead atoms. The van der Waals surface area contributed by atoms with Crippen molar-refractivity contribution in [1.82, 2.24) is 9.97 Å². The van der Waals surface area contributed by atoms with E-state index in [1.54, 1.807) is 4.90 Å². The van der Waals surface area contributed by atoms with Crippen LogP contribution in [0.1, 0.15) is 13.3 Å². The number of nitrogens with zero attached hydrogens (tertiary/aromatic N) is 4. The van der Waals surface area contributed by atoms with Gasteiger partial charge in [0.15, 0.2) is 0 Å². The topological polar surface area (TPSA) is 69.9 Å². The van der Waals surface area contributed by atoms with E-state index in [1.807, 2.05) is 61.5 Å². The monoisotopic (exact) mass is 362 g/mol. The number of thioether (sulfide) groups is 1. The molecule has 0 aliphatic carbocycles. The highest BCUT2D eigenvalue weighted by Crippen LogP contribution is 2.29. The van der Waals surface area contributed by atoms with Crippen molar-refractivity contribution in [3.05, 3.63) is 60.9 Å². The normalized spacial score (nSPS) is 11.7. The Hall–Kier alpha value is -2.91. The van der Waals surface area contributed by atoms with Crippen LogP contribution in [0.2, 0.25) is 0 Å². The molecule has 130 valence electrons. The molecule has 0 fully saturated rings. The van der Waals surface area contributed by atoms with Gasteiger partial charge < -0.3 is 4.90 Å². The van der Waals surface area contributed by atoms with Gasteiger partial charge in [-0.05, 0) is 25.1 Å². The third kappa shape index (κ3) is 4.01. The summed E-state index contributed by atoms with van der Waals surface area (Å²) in [6.45, 7) is 2.24. The SMILES string of the molecule is C[C@@H](Sc1ncnc2ccccc12)C(=O)N(CCC#N)c1ccccc1. The first-order valence-corrected chi connectivity index (χ1v) is 9.18. The van der Waals surface area contributed by atoms with Gasteiger partial charge in [0.25, 0.3) is 0 Å². The molecule has 0 spiro atoms. The molecule has 0 radical (unpaired) electrons. The van der Waals surface area contributed by atoms with Crippen LogP contribution in [0, 0.1) is 11.3 Å². The maximum absolute atomic E-state index is 13.0. The predicted molar refractivity (Wildman–Crippen MR) is 104 cm³/mol. The highest BCUT2D eigenvalue weighted by molar-refractivity contribution is 8.00. The molecular weight excluding hydrogens is 344 g/mol. The second-order valence-corrected chi connectivity index (χ2v) is 7.02. The van der Waals surface area contributed by atoms with Crippen molar-refractivity contribution < 1.29 is 4.79 Å². The van der Waals surface area contributed by atoms with E-state index in [4.69, 9.17) is 5.26 Å². The first kappa shape index (κ1) is 17.9. The molecule has 1 aromatic heterocycles. The van der Waals surface area contributed by atoms with E-state index < -0.39 is 0 Å². The summed E-state index contributed by atoms with van der Waals surface area (Å²) >= 11 is 1.41. The molecule has 0 saturated carbocycles. The zero-order chi connectivity index (χ0) is 18.4. The molecule has 0 aliphatic heterocycles. The van der Waals surface area contributed by atoms with Crippen LogP contribution >= 0.6 is 11.8 Å². The molecule has 5 nitrogen and oxygen atoms in total. The van der Waals surface area contributed by atoms with Crippen molar-refractivity contribution in [3.63, 3.8) is 0 Å². The number of para-hydroxylation sites is 2. The molecule has 0 aliphatic rings. The van der Waals surface area contributed by atoms with Gasteiger partial charge in [0.05, 0.1) is 23.3 Å². The number of carbonyl (C=O) groups excluding carboxylic acids is 1. The Kier molecular flexibility index (Phi) is 5.82. The Morgan fingerprint density at radius 2 is 1.88 bits per heavy atom. The lowest BCUT2D eigenvalue weighted by atomic mass is 10.2. The van der Waals surface area contributed by atoms with Crippen LogP contribution in [0.25, 0.3) is 10.9 Å². The van der Waals surface area contributed by atoms with Gasteiger partial charge in [-0.15, -0.1) is 0 Å². The van der Waals surface area contributed by atoms with Gasteiger partial charge in [-0.1, -0.05) is 48.2 Å². The molecule has 1 heterocycles. The number of nitriles is 1. The second-order valence-electron chi connectivity index (χ2n) is 5.69. The molecule has 6 heteroatoms. The third-order valence-electron chi connectivity index (χ3n) is 3.92. The summed E-state index contributed by atoms with van der Waals surface area (Å²) in [5.41, 5.74) is 1.65.